The minimum atomic E-state index is -0.207. The van der Waals surface area contributed by atoms with E-state index in [9.17, 15) is 9.59 Å². The number of halogens is 1. The van der Waals surface area contributed by atoms with Crippen LogP contribution in [0.2, 0.25) is 5.02 Å². The van der Waals surface area contributed by atoms with Gasteiger partial charge in [-0.25, -0.2) is 4.79 Å². The number of ether oxygens (including phenoxy) is 1. The monoisotopic (exact) mass is 455 g/mol. The number of benzene rings is 2. The lowest BCUT2D eigenvalue weighted by Crippen LogP contribution is -2.50. The third-order valence-corrected chi connectivity index (χ3v) is 6.83. The van der Waals surface area contributed by atoms with Crippen molar-refractivity contribution in [2.75, 3.05) is 38.2 Å². The van der Waals surface area contributed by atoms with E-state index in [0.717, 1.165) is 36.9 Å². The van der Waals surface area contributed by atoms with E-state index in [-0.39, 0.29) is 23.3 Å². The van der Waals surface area contributed by atoms with Crippen molar-refractivity contribution in [1.82, 2.24) is 10.2 Å². The van der Waals surface area contributed by atoms with Crippen molar-refractivity contribution < 1.29 is 14.3 Å². The Morgan fingerprint density at radius 1 is 1.09 bits per heavy atom. The van der Waals surface area contributed by atoms with E-state index in [1.165, 1.54) is 0 Å². The summed E-state index contributed by atoms with van der Waals surface area (Å²) < 4.78 is 5.59. The number of anilines is 1. The first-order valence-electron chi connectivity index (χ1n) is 11.3. The number of piperidine rings is 1. The number of para-hydroxylation sites is 1. The van der Waals surface area contributed by atoms with Gasteiger partial charge in [-0.1, -0.05) is 41.9 Å². The minimum absolute atomic E-state index is 0.00936. The summed E-state index contributed by atoms with van der Waals surface area (Å²) in [5, 5.41) is 6.81. The first-order valence-corrected chi connectivity index (χ1v) is 11.7. The van der Waals surface area contributed by atoms with Gasteiger partial charge in [-0.2, -0.15) is 0 Å². The third-order valence-electron chi connectivity index (χ3n) is 6.59. The topological polar surface area (TPSA) is 70.7 Å². The van der Waals surface area contributed by atoms with Crippen LogP contribution in [0.4, 0.5) is 10.5 Å². The Hall–Kier alpha value is -2.57. The highest BCUT2D eigenvalue weighted by atomic mass is 35.5. The fraction of sp³-hybridized carbons (Fsp3) is 0.440. The summed E-state index contributed by atoms with van der Waals surface area (Å²) in [5.41, 5.74) is 1.71. The predicted molar refractivity (Wildman–Crippen MR) is 126 cm³/mol. The molecular formula is C25H30ClN3O3. The lowest BCUT2D eigenvalue weighted by atomic mass is 9.74. The van der Waals surface area contributed by atoms with Crippen molar-refractivity contribution in [3.63, 3.8) is 0 Å². The molecule has 1 unspecified atom stereocenters. The van der Waals surface area contributed by atoms with Gasteiger partial charge in [0, 0.05) is 49.0 Å². The van der Waals surface area contributed by atoms with Gasteiger partial charge in [0.2, 0.25) is 5.91 Å². The second kappa shape index (κ2) is 10.4. The van der Waals surface area contributed by atoms with Gasteiger partial charge < -0.3 is 20.3 Å². The summed E-state index contributed by atoms with van der Waals surface area (Å²) in [4.78, 5) is 27.5. The Morgan fingerprint density at radius 3 is 2.62 bits per heavy atom. The van der Waals surface area contributed by atoms with E-state index < -0.39 is 0 Å². The summed E-state index contributed by atoms with van der Waals surface area (Å²) >= 11 is 6.25. The van der Waals surface area contributed by atoms with Crippen LogP contribution in [0.25, 0.3) is 0 Å². The van der Waals surface area contributed by atoms with Crippen molar-refractivity contribution in [2.45, 2.75) is 31.1 Å². The highest BCUT2D eigenvalue weighted by Gasteiger charge is 2.36. The molecule has 0 radical (unpaired) electrons. The number of nitrogens with one attached hydrogen (secondary N) is 2. The van der Waals surface area contributed by atoms with E-state index in [1.54, 1.807) is 4.90 Å². The van der Waals surface area contributed by atoms with Crippen LogP contribution in [0.5, 0.6) is 0 Å². The van der Waals surface area contributed by atoms with Crippen molar-refractivity contribution in [3.05, 3.63) is 65.2 Å². The number of carbonyl (C=O) groups is 2. The average molecular weight is 456 g/mol. The lowest BCUT2D eigenvalue weighted by molar-refractivity contribution is -0.126. The first kappa shape index (κ1) is 22.6. The summed E-state index contributed by atoms with van der Waals surface area (Å²) in [5.74, 6) is -0.198. The number of amides is 3. The molecule has 32 heavy (non-hydrogen) atoms. The minimum Gasteiger partial charge on any atom is -0.381 e. The van der Waals surface area contributed by atoms with Crippen LogP contribution in [0.3, 0.4) is 0 Å². The van der Waals surface area contributed by atoms with Gasteiger partial charge in [0.15, 0.2) is 0 Å². The second-order valence-electron chi connectivity index (χ2n) is 8.70. The lowest BCUT2D eigenvalue weighted by Gasteiger charge is -2.39. The molecule has 2 N–H and O–H groups in total. The molecule has 6 nitrogen and oxygen atoms in total. The Kier molecular flexibility index (Phi) is 7.33. The van der Waals surface area contributed by atoms with Gasteiger partial charge in [-0.15, -0.1) is 0 Å². The SMILES string of the molecule is O=C(NCC1(c2cccc(Cl)c2)CCOCC1)C1CCCN(C(=O)Nc2ccccc2)C1. The molecular weight excluding hydrogens is 426 g/mol. The van der Waals surface area contributed by atoms with Gasteiger partial charge in [-0.05, 0) is 55.5 Å². The van der Waals surface area contributed by atoms with Gasteiger partial charge in [-0.3, -0.25) is 4.79 Å². The van der Waals surface area contributed by atoms with Crippen LogP contribution >= 0.6 is 11.6 Å². The summed E-state index contributed by atoms with van der Waals surface area (Å²) in [7, 11) is 0. The van der Waals surface area contributed by atoms with Crippen LogP contribution in [0.15, 0.2) is 54.6 Å². The maximum atomic E-state index is 13.1. The standard InChI is InChI=1S/C25H30ClN3O3/c26-21-8-4-7-20(16-21)25(11-14-32-15-12-25)18-27-23(30)19-6-5-13-29(17-19)24(31)28-22-9-2-1-3-10-22/h1-4,7-10,16,19H,5-6,11-15,17-18H2,(H,27,30)(H,28,31). The molecule has 1 atom stereocenters. The molecule has 3 amide bonds. The fourth-order valence-corrected chi connectivity index (χ4v) is 4.84. The molecule has 2 saturated heterocycles. The van der Waals surface area contributed by atoms with Crippen LogP contribution in [0.1, 0.15) is 31.2 Å². The number of likely N-dealkylation sites (tertiary alicyclic amines) is 1. The van der Waals surface area contributed by atoms with Crippen molar-refractivity contribution in [3.8, 4) is 0 Å². The Labute approximate surface area is 194 Å². The molecule has 0 bridgehead atoms. The molecule has 7 heteroatoms. The molecule has 0 saturated carbocycles. The number of urea groups is 1. The smallest absolute Gasteiger partial charge is 0.321 e. The number of carbonyl (C=O) groups excluding carboxylic acids is 2. The molecule has 2 aliphatic heterocycles. The zero-order valence-electron chi connectivity index (χ0n) is 18.2. The summed E-state index contributed by atoms with van der Waals surface area (Å²) in [6.45, 7) is 2.96. The number of hydrogen-bond acceptors (Lipinski definition) is 3. The van der Waals surface area contributed by atoms with Crippen LogP contribution in [-0.4, -0.2) is 49.7 Å². The van der Waals surface area contributed by atoms with E-state index in [0.29, 0.717) is 37.9 Å². The Balaban J connectivity index is 1.37. The summed E-state index contributed by atoms with van der Waals surface area (Å²) in [6.07, 6.45) is 3.27. The molecule has 0 spiro atoms. The number of hydrogen-bond donors (Lipinski definition) is 2. The molecule has 0 aliphatic carbocycles. The van der Waals surface area contributed by atoms with Gasteiger partial charge in [0.05, 0.1) is 5.92 Å². The van der Waals surface area contributed by atoms with Crippen molar-refractivity contribution in [1.29, 1.82) is 0 Å². The Bertz CT molecular complexity index is 931. The normalized spacial score (nSPS) is 20.4. The fourth-order valence-electron chi connectivity index (χ4n) is 4.65. The molecule has 2 heterocycles. The Morgan fingerprint density at radius 2 is 1.88 bits per heavy atom. The van der Waals surface area contributed by atoms with E-state index in [4.69, 9.17) is 16.3 Å². The molecule has 2 aliphatic rings. The van der Waals surface area contributed by atoms with E-state index in [1.807, 2.05) is 48.5 Å². The predicted octanol–water partition coefficient (Wildman–Crippen LogP) is 4.45. The highest BCUT2D eigenvalue weighted by Crippen LogP contribution is 2.35. The molecule has 170 valence electrons. The average Bonchev–Trinajstić information content (AvgIpc) is 2.84. The number of rotatable bonds is 5. The van der Waals surface area contributed by atoms with Gasteiger partial charge in [0.1, 0.15) is 0 Å². The maximum absolute atomic E-state index is 13.1. The largest absolute Gasteiger partial charge is 0.381 e. The van der Waals surface area contributed by atoms with E-state index >= 15 is 0 Å². The zero-order valence-corrected chi connectivity index (χ0v) is 18.9. The van der Waals surface area contributed by atoms with Gasteiger partial charge >= 0.3 is 6.03 Å². The quantitative estimate of drug-likeness (QED) is 0.699. The highest BCUT2D eigenvalue weighted by molar-refractivity contribution is 6.30. The first-order chi connectivity index (χ1) is 15.6. The summed E-state index contributed by atoms with van der Waals surface area (Å²) in [6, 6.07) is 17.1. The van der Waals surface area contributed by atoms with Crippen LogP contribution in [-0.2, 0) is 14.9 Å². The molecule has 2 aromatic rings. The maximum Gasteiger partial charge on any atom is 0.321 e. The van der Waals surface area contributed by atoms with Gasteiger partial charge in [0.25, 0.3) is 0 Å². The van der Waals surface area contributed by atoms with Crippen LogP contribution < -0.4 is 10.6 Å². The van der Waals surface area contributed by atoms with E-state index in [2.05, 4.69) is 16.7 Å². The van der Waals surface area contributed by atoms with Crippen molar-refractivity contribution >= 4 is 29.2 Å². The molecule has 2 fully saturated rings. The van der Waals surface area contributed by atoms with Crippen LogP contribution in [0, 0.1) is 5.92 Å². The zero-order chi connectivity index (χ0) is 22.4. The molecule has 0 aromatic heterocycles. The molecule has 2 aromatic carbocycles. The molecule has 4 rings (SSSR count). The third kappa shape index (κ3) is 5.43. The number of nitrogens with zero attached hydrogens (tertiary/aromatic N) is 1. The van der Waals surface area contributed by atoms with Crippen molar-refractivity contribution in [2.24, 2.45) is 5.92 Å². The second-order valence-corrected chi connectivity index (χ2v) is 9.14.